The van der Waals surface area contributed by atoms with Crippen LogP contribution in [0.4, 0.5) is 5.69 Å². The Morgan fingerprint density at radius 2 is 1.80 bits per heavy atom. The van der Waals surface area contributed by atoms with Crippen molar-refractivity contribution in [1.29, 1.82) is 0 Å². The fourth-order valence-electron chi connectivity index (χ4n) is 3.73. The minimum atomic E-state index is 0. The summed E-state index contributed by atoms with van der Waals surface area (Å²) in [5.74, 6) is 1.33. The van der Waals surface area contributed by atoms with Crippen molar-refractivity contribution in [3.63, 3.8) is 0 Å². The molecule has 1 heterocycles. The van der Waals surface area contributed by atoms with Crippen LogP contribution >= 0.6 is 12.4 Å². The van der Waals surface area contributed by atoms with Gasteiger partial charge in [0.25, 0.3) is 0 Å². The van der Waals surface area contributed by atoms with E-state index in [1.165, 1.54) is 5.56 Å². The normalized spacial score (nSPS) is 20.0. The predicted molar refractivity (Wildman–Crippen MR) is 106 cm³/mol. The molecule has 3 rings (SSSR count). The average Bonchev–Trinajstić information content (AvgIpc) is 2.63. The van der Waals surface area contributed by atoms with Gasteiger partial charge in [0.15, 0.2) is 0 Å². The van der Waals surface area contributed by atoms with Crippen LogP contribution < -0.4 is 5.73 Å². The maximum absolute atomic E-state index is 12.7. The molecule has 4 heteroatoms. The third-order valence-corrected chi connectivity index (χ3v) is 5.17. The number of benzene rings is 2. The van der Waals surface area contributed by atoms with Crippen molar-refractivity contribution >= 4 is 24.0 Å². The minimum absolute atomic E-state index is 0. The minimum Gasteiger partial charge on any atom is -0.399 e. The molecule has 2 N–H and O–H groups in total. The lowest BCUT2D eigenvalue weighted by molar-refractivity contribution is -0.132. The van der Waals surface area contributed by atoms with Gasteiger partial charge in [0.05, 0.1) is 6.42 Å². The highest BCUT2D eigenvalue weighted by molar-refractivity contribution is 5.85. The van der Waals surface area contributed by atoms with Crippen LogP contribution in [0.15, 0.2) is 54.6 Å². The van der Waals surface area contributed by atoms with Gasteiger partial charge < -0.3 is 10.6 Å². The quantitative estimate of drug-likeness (QED) is 0.829. The maximum atomic E-state index is 12.7. The number of hydrogen-bond acceptors (Lipinski definition) is 2. The third kappa shape index (κ3) is 4.76. The number of nitrogens with two attached hydrogens (primary N) is 1. The molecule has 0 saturated carbocycles. The highest BCUT2D eigenvalue weighted by Gasteiger charge is 2.31. The summed E-state index contributed by atoms with van der Waals surface area (Å²) in [4.78, 5) is 14.7. The molecule has 25 heavy (non-hydrogen) atoms. The smallest absolute Gasteiger partial charge is 0.226 e. The lowest BCUT2D eigenvalue weighted by atomic mass is 9.79. The van der Waals surface area contributed by atoms with Gasteiger partial charge in [-0.25, -0.2) is 0 Å². The summed E-state index contributed by atoms with van der Waals surface area (Å²) in [6.07, 6.45) is 2.62. The maximum Gasteiger partial charge on any atom is 0.226 e. The van der Waals surface area contributed by atoms with Gasteiger partial charge in [0.2, 0.25) is 5.91 Å². The molecule has 1 saturated heterocycles. The summed E-state index contributed by atoms with van der Waals surface area (Å²) in [5, 5.41) is 0. The average molecular weight is 359 g/mol. The van der Waals surface area contributed by atoms with E-state index in [0.717, 1.165) is 37.2 Å². The van der Waals surface area contributed by atoms with Crippen molar-refractivity contribution in [3.8, 4) is 0 Å². The summed E-state index contributed by atoms with van der Waals surface area (Å²) < 4.78 is 0. The first-order valence-electron chi connectivity index (χ1n) is 8.84. The van der Waals surface area contributed by atoms with Crippen LogP contribution in [0.5, 0.6) is 0 Å². The van der Waals surface area contributed by atoms with Gasteiger partial charge in [-0.15, -0.1) is 12.4 Å². The second-order valence-corrected chi connectivity index (χ2v) is 6.73. The van der Waals surface area contributed by atoms with Gasteiger partial charge in [0.1, 0.15) is 0 Å². The van der Waals surface area contributed by atoms with Crippen molar-refractivity contribution in [2.45, 2.75) is 32.1 Å². The Labute approximate surface area is 156 Å². The SMILES string of the molecule is CCC1CN(C(=O)Cc2ccc(N)cc2)CCC1c1ccccc1.Cl. The second kappa shape index (κ2) is 8.91. The number of nitrogens with zero attached hydrogens (tertiary/aromatic N) is 1. The highest BCUT2D eigenvalue weighted by Crippen LogP contribution is 2.35. The van der Waals surface area contributed by atoms with Crippen molar-refractivity contribution < 1.29 is 4.79 Å². The predicted octanol–water partition coefficient (Wildman–Crippen LogP) is 4.28. The Balaban J connectivity index is 0.00000225. The van der Waals surface area contributed by atoms with Gasteiger partial charge in [-0.1, -0.05) is 55.8 Å². The monoisotopic (exact) mass is 358 g/mol. The number of anilines is 1. The van der Waals surface area contributed by atoms with Crippen molar-refractivity contribution in [3.05, 3.63) is 65.7 Å². The zero-order valence-electron chi connectivity index (χ0n) is 14.7. The highest BCUT2D eigenvalue weighted by atomic mass is 35.5. The zero-order valence-corrected chi connectivity index (χ0v) is 15.5. The van der Waals surface area contributed by atoms with Crippen LogP contribution in [0, 0.1) is 5.92 Å². The first kappa shape index (κ1) is 19.3. The number of nitrogen functional groups attached to an aromatic ring is 1. The lowest BCUT2D eigenvalue weighted by Crippen LogP contribution is -2.43. The van der Waals surface area contributed by atoms with Gasteiger partial charge in [-0.2, -0.15) is 0 Å². The summed E-state index contributed by atoms with van der Waals surface area (Å²) in [6.45, 7) is 3.95. The van der Waals surface area contributed by atoms with E-state index in [1.807, 2.05) is 29.2 Å². The number of carbonyl (C=O) groups is 1. The largest absolute Gasteiger partial charge is 0.399 e. The molecule has 1 aliphatic heterocycles. The van der Waals surface area contributed by atoms with E-state index in [4.69, 9.17) is 5.73 Å². The number of rotatable bonds is 4. The molecule has 3 nitrogen and oxygen atoms in total. The van der Waals surface area contributed by atoms with Crippen molar-refractivity contribution in [2.75, 3.05) is 18.8 Å². The van der Waals surface area contributed by atoms with Crippen molar-refractivity contribution in [1.82, 2.24) is 4.90 Å². The molecular formula is C21H27ClN2O. The van der Waals surface area contributed by atoms with Gasteiger partial charge in [0, 0.05) is 18.8 Å². The summed E-state index contributed by atoms with van der Waals surface area (Å²) in [7, 11) is 0. The molecule has 2 aromatic rings. The first-order valence-corrected chi connectivity index (χ1v) is 8.84. The van der Waals surface area contributed by atoms with E-state index in [0.29, 0.717) is 18.3 Å². The molecule has 0 aromatic heterocycles. The topological polar surface area (TPSA) is 46.3 Å². The molecular weight excluding hydrogens is 332 g/mol. The number of amides is 1. The zero-order chi connectivity index (χ0) is 16.9. The number of halogens is 1. The van der Waals surface area contributed by atoms with Crippen LogP contribution in [0.2, 0.25) is 0 Å². The molecule has 1 fully saturated rings. The number of hydrogen-bond donors (Lipinski definition) is 1. The fraction of sp³-hybridized carbons (Fsp3) is 0.381. The van der Waals surface area contributed by atoms with E-state index in [1.54, 1.807) is 0 Å². The molecule has 0 bridgehead atoms. The van der Waals surface area contributed by atoms with Crippen LogP contribution in [0.1, 0.15) is 36.8 Å². The number of carbonyl (C=O) groups excluding carboxylic acids is 1. The van der Waals surface area contributed by atoms with Gasteiger partial charge in [-0.3, -0.25) is 4.79 Å². The number of piperidine rings is 1. The molecule has 0 aliphatic carbocycles. The van der Waals surface area contributed by atoms with Crippen LogP contribution in [-0.4, -0.2) is 23.9 Å². The Bertz CT molecular complexity index is 672. The van der Waals surface area contributed by atoms with Crippen molar-refractivity contribution in [2.24, 2.45) is 5.92 Å². The van der Waals surface area contributed by atoms with E-state index >= 15 is 0 Å². The Morgan fingerprint density at radius 3 is 2.44 bits per heavy atom. The molecule has 2 atom stereocenters. The Kier molecular flexibility index (Phi) is 6.89. The lowest BCUT2D eigenvalue weighted by Gasteiger charge is -2.38. The van der Waals surface area contributed by atoms with Crippen LogP contribution in [0.3, 0.4) is 0 Å². The van der Waals surface area contributed by atoms with E-state index in [2.05, 4.69) is 37.3 Å². The first-order chi connectivity index (χ1) is 11.7. The summed E-state index contributed by atoms with van der Waals surface area (Å²) in [5.41, 5.74) is 8.90. The Hall–Kier alpha value is -2.00. The summed E-state index contributed by atoms with van der Waals surface area (Å²) in [6, 6.07) is 18.3. The Morgan fingerprint density at radius 1 is 1.12 bits per heavy atom. The standard InChI is InChI=1S/C21H26N2O.ClH/c1-2-17-15-23(13-12-20(17)18-6-4-3-5-7-18)21(24)14-16-8-10-19(22)11-9-16;/h3-11,17,20H,2,12-15,22H2,1H3;1H. The molecule has 1 amide bonds. The third-order valence-electron chi connectivity index (χ3n) is 5.17. The van der Waals surface area contributed by atoms with Crippen LogP contribution in [-0.2, 0) is 11.2 Å². The molecule has 134 valence electrons. The molecule has 1 aliphatic rings. The van der Waals surface area contributed by atoms with Gasteiger partial charge in [-0.05, 0) is 41.5 Å². The molecule has 0 spiro atoms. The van der Waals surface area contributed by atoms with E-state index < -0.39 is 0 Å². The fourth-order valence-corrected chi connectivity index (χ4v) is 3.73. The van der Waals surface area contributed by atoms with E-state index in [9.17, 15) is 4.79 Å². The van der Waals surface area contributed by atoms with Crippen LogP contribution in [0.25, 0.3) is 0 Å². The molecule has 2 aromatic carbocycles. The molecule has 2 unspecified atom stereocenters. The molecule has 0 radical (unpaired) electrons. The number of likely N-dealkylation sites (tertiary alicyclic amines) is 1. The second-order valence-electron chi connectivity index (χ2n) is 6.73. The van der Waals surface area contributed by atoms with E-state index in [-0.39, 0.29) is 18.3 Å². The summed E-state index contributed by atoms with van der Waals surface area (Å²) >= 11 is 0. The van der Waals surface area contributed by atoms with Gasteiger partial charge >= 0.3 is 0 Å².